The zero-order valence-corrected chi connectivity index (χ0v) is 33.9. The number of carbonyl (C=O) groups is 2. The molecule has 8 rings (SSSR count). The molecule has 6 aliphatic heterocycles. The molecule has 20 unspecified atom stereocenters. The topological polar surface area (TPSA) is 196 Å². The van der Waals surface area contributed by atoms with Gasteiger partial charge in [0.05, 0.1) is 61.0 Å². The van der Waals surface area contributed by atoms with Crippen molar-refractivity contribution in [1.29, 1.82) is 0 Å². The molecule has 320 valence electrons. The molecule has 0 aromatic heterocycles. The predicted octanol–water partition coefficient (Wildman–Crippen LogP) is 2.53. The molecule has 5 saturated heterocycles. The van der Waals surface area contributed by atoms with Gasteiger partial charge in [0, 0.05) is 40.4 Å². The van der Waals surface area contributed by atoms with Crippen LogP contribution in [0.4, 0.5) is 0 Å². The Morgan fingerprint density at radius 1 is 0.789 bits per heavy atom. The molecule has 20 atom stereocenters. The van der Waals surface area contributed by atoms with Crippen molar-refractivity contribution in [3.8, 4) is 0 Å². The molecular weight excluding hydrogens is 748 g/mol. The number of aliphatic hydroxyl groups excluding tert-OH is 3. The summed E-state index contributed by atoms with van der Waals surface area (Å²) in [5.74, 6) is -3.97. The normalized spacial score (nSPS) is 51.1. The van der Waals surface area contributed by atoms with Crippen molar-refractivity contribution < 1.29 is 77.0 Å². The number of methoxy groups -OCH3 is 2. The lowest BCUT2D eigenvalue weighted by atomic mass is 9.55. The van der Waals surface area contributed by atoms with E-state index < -0.39 is 115 Å². The van der Waals surface area contributed by atoms with E-state index in [-0.39, 0.29) is 24.5 Å². The quantitative estimate of drug-likeness (QED) is 0.239. The van der Waals surface area contributed by atoms with Crippen LogP contribution in [0.5, 0.6) is 0 Å². The van der Waals surface area contributed by atoms with Gasteiger partial charge in [-0.3, -0.25) is 4.79 Å². The van der Waals surface area contributed by atoms with Crippen molar-refractivity contribution in [1.82, 2.24) is 0 Å². The lowest BCUT2D eigenvalue weighted by Gasteiger charge is -2.51. The molecule has 6 fully saturated rings. The highest BCUT2D eigenvalue weighted by atomic mass is 16.8. The van der Waals surface area contributed by atoms with Crippen molar-refractivity contribution in [2.24, 2.45) is 23.2 Å². The molecule has 16 nitrogen and oxygen atoms in total. The smallest absolute Gasteiger partial charge is 0.351 e. The van der Waals surface area contributed by atoms with Gasteiger partial charge < -0.3 is 67.4 Å². The Hall–Kier alpha value is -2.22. The lowest BCUT2D eigenvalue weighted by molar-refractivity contribution is -0.337. The Bertz CT molecular complexity index is 1560. The predicted molar refractivity (Wildman–Crippen MR) is 194 cm³/mol. The first-order valence-electron chi connectivity index (χ1n) is 20.7. The average molecular weight is 809 g/mol. The van der Waals surface area contributed by atoms with Crippen LogP contribution in [0.3, 0.4) is 0 Å². The van der Waals surface area contributed by atoms with Crippen molar-refractivity contribution in [3.63, 3.8) is 0 Å². The van der Waals surface area contributed by atoms with Gasteiger partial charge in [-0.25, -0.2) is 4.79 Å². The lowest BCUT2D eigenvalue weighted by Crippen LogP contribution is -2.56. The first-order chi connectivity index (χ1) is 27.1. The number of hydrogen-bond acceptors (Lipinski definition) is 16. The number of ether oxygens (including phenoxy) is 11. The van der Waals surface area contributed by atoms with Crippen molar-refractivity contribution in [2.75, 3.05) is 14.2 Å². The molecule has 1 saturated carbocycles. The van der Waals surface area contributed by atoms with Crippen LogP contribution in [-0.2, 0) is 61.7 Å². The Morgan fingerprint density at radius 3 is 2.16 bits per heavy atom. The van der Waals surface area contributed by atoms with Gasteiger partial charge >= 0.3 is 11.9 Å². The standard InChI is InChI=1S/C41H60O16/c1-18-34(44)27(47-6)15-31(50-18)54-35-19(2)51-29(14-26(35)43)55-36-20(3)52-30(16-28(36)48-7)53-23-10-11-40(4)22(12-23)13-25(42)32-24(40)9-8-21-17-49-41(5)33(21)37(39(46)57-41)56-38(32)45/h13,17-20,23-37,42-44H,8-12,14-16H2,1-7H3. The molecule has 0 radical (unpaired) electrons. The van der Waals surface area contributed by atoms with E-state index in [1.165, 1.54) is 7.11 Å². The molecule has 57 heavy (non-hydrogen) atoms. The number of hydrogen-bond donors (Lipinski definition) is 3. The molecule has 0 amide bonds. The molecule has 2 aliphatic carbocycles. The Balaban J connectivity index is 0.871. The van der Waals surface area contributed by atoms with Crippen molar-refractivity contribution in [2.45, 2.75) is 184 Å². The highest BCUT2D eigenvalue weighted by Gasteiger charge is 2.63. The third-order valence-electron chi connectivity index (χ3n) is 14.1. The van der Waals surface area contributed by atoms with E-state index in [4.69, 9.17) is 52.1 Å². The van der Waals surface area contributed by atoms with Gasteiger partial charge in [-0.05, 0) is 69.8 Å². The minimum absolute atomic E-state index is 0.160. The highest BCUT2D eigenvalue weighted by molar-refractivity contribution is 5.84. The van der Waals surface area contributed by atoms with Crippen LogP contribution in [0, 0.1) is 23.2 Å². The monoisotopic (exact) mass is 808 g/mol. The molecule has 6 heterocycles. The van der Waals surface area contributed by atoms with Gasteiger partial charge in [0.2, 0.25) is 6.10 Å². The molecule has 0 aromatic rings. The van der Waals surface area contributed by atoms with E-state index in [1.54, 1.807) is 33.3 Å². The summed E-state index contributed by atoms with van der Waals surface area (Å²) in [5, 5.41) is 33.0. The third-order valence-corrected chi connectivity index (χ3v) is 14.1. The van der Waals surface area contributed by atoms with Crippen molar-refractivity contribution in [3.05, 3.63) is 23.5 Å². The van der Waals surface area contributed by atoms with E-state index in [2.05, 4.69) is 6.92 Å². The summed E-state index contributed by atoms with van der Waals surface area (Å²) in [6.07, 6.45) is -2.00. The zero-order valence-electron chi connectivity index (χ0n) is 33.9. The Morgan fingerprint density at radius 2 is 1.44 bits per heavy atom. The fraction of sp³-hybridized carbons (Fsp3) is 0.854. The first-order valence-corrected chi connectivity index (χ1v) is 20.7. The molecule has 3 N–H and O–H groups in total. The van der Waals surface area contributed by atoms with E-state index in [1.807, 2.05) is 13.8 Å². The number of rotatable bonds is 8. The number of fused-ring (bicyclic) bond motifs is 3. The van der Waals surface area contributed by atoms with E-state index in [9.17, 15) is 24.9 Å². The first kappa shape index (κ1) is 41.5. The van der Waals surface area contributed by atoms with Gasteiger partial charge in [0.25, 0.3) is 5.79 Å². The van der Waals surface area contributed by atoms with Crippen LogP contribution in [0.15, 0.2) is 23.5 Å². The Labute approximate surface area is 333 Å². The van der Waals surface area contributed by atoms with Gasteiger partial charge in [-0.1, -0.05) is 18.6 Å². The van der Waals surface area contributed by atoms with Crippen LogP contribution in [-0.4, -0.2) is 139 Å². The van der Waals surface area contributed by atoms with Gasteiger partial charge in [-0.2, -0.15) is 0 Å². The largest absolute Gasteiger partial charge is 0.459 e. The summed E-state index contributed by atoms with van der Waals surface area (Å²) in [4.78, 5) is 26.5. The Kier molecular flexibility index (Phi) is 11.6. The fourth-order valence-electron chi connectivity index (χ4n) is 10.9. The SMILES string of the molecule is COC1CC(OC2C(O)CC(OC3C(C)OC(OC4CCC5(C)C(=CC(O)C6C(=O)OC7C(=O)OC8(C)OC=C(CCC65)C78)C4)CC3OC)OC2C)OC(C)C1O. The number of esters is 2. The van der Waals surface area contributed by atoms with Crippen LogP contribution in [0.1, 0.15) is 86.0 Å². The van der Waals surface area contributed by atoms with Crippen molar-refractivity contribution >= 4 is 11.9 Å². The maximum absolute atomic E-state index is 13.8. The van der Waals surface area contributed by atoms with Crippen LogP contribution in [0.25, 0.3) is 0 Å². The second kappa shape index (κ2) is 16.0. The molecule has 0 spiro atoms. The second-order valence-corrected chi connectivity index (χ2v) is 17.7. The molecule has 0 bridgehead atoms. The van der Waals surface area contributed by atoms with Gasteiger partial charge in [0.1, 0.15) is 24.2 Å². The summed E-state index contributed by atoms with van der Waals surface area (Å²) < 4.78 is 66.1. The summed E-state index contributed by atoms with van der Waals surface area (Å²) >= 11 is 0. The molecule has 8 aliphatic rings. The minimum atomic E-state index is -1.20. The summed E-state index contributed by atoms with van der Waals surface area (Å²) in [6.45, 7) is 9.33. The van der Waals surface area contributed by atoms with E-state index >= 15 is 0 Å². The summed E-state index contributed by atoms with van der Waals surface area (Å²) in [5.41, 5.74) is 1.52. The van der Waals surface area contributed by atoms with Gasteiger partial charge in [0.15, 0.2) is 18.9 Å². The molecule has 0 aromatic carbocycles. The van der Waals surface area contributed by atoms with Crippen LogP contribution in [0.2, 0.25) is 0 Å². The van der Waals surface area contributed by atoms with Gasteiger partial charge in [-0.15, -0.1) is 0 Å². The second-order valence-electron chi connectivity index (χ2n) is 17.7. The third kappa shape index (κ3) is 7.60. The van der Waals surface area contributed by atoms with E-state index in [0.717, 1.165) is 17.6 Å². The minimum Gasteiger partial charge on any atom is -0.459 e. The maximum atomic E-state index is 13.8. The molecular formula is C41H60O16. The van der Waals surface area contributed by atoms with Crippen LogP contribution >= 0.6 is 0 Å². The highest BCUT2D eigenvalue weighted by Crippen LogP contribution is 2.57. The summed E-state index contributed by atoms with van der Waals surface area (Å²) in [7, 11) is 3.16. The number of carbonyl (C=O) groups excluding carboxylic acids is 2. The maximum Gasteiger partial charge on any atom is 0.351 e. The zero-order chi connectivity index (χ0) is 40.6. The fourth-order valence-corrected chi connectivity index (χ4v) is 10.9. The van der Waals surface area contributed by atoms with E-state index in [0.29, 0.717) is 38.5 Å². The number of aliphatic hydroxyl groups is 3. The molecule has 16 heteroatoms. The van der Waals surface area contributed by atoms with Crippen LogP contribution < -0.4 is 0 Å². The summed E-state index contributed by atoms with van der Waals surface area (Å²) in [6, 6.07) is 0. The average Bonchev–Trinajstić information content (AvgIpc) is 3.62.